The monoisotopic (exact) mass is 253 g/mol. The van der Waals surface area contributed by atoms with Gasteiger partial charge >= 0.3 is 0 Å². The molecule has 2 N–H and O–H groups in total. The highest BCUT2D eigenvalue weighted by Gasteiger charge is 2.02. The van der Waals surface area contributed by atoms with Crippen molar-refractivity contribution in [3.63, 3.8) is 0 Å². The zero-order valence-electron chi connectivity index (χ0n) is 9.94. The highest BCUT2D eigenvalue weighted by atomic mass is 32.2. The van der Waals surface area contributed by atoms with Crippen LogP contribution in [0.2, 0.25) is 0 Å². The number of hydrogen-bond acceptors (Lipinski definition) is 4. The van der Waals surface area contributed by atoms with Crippen molar-refractivity contribution in [1.29, 1.82) is 0 Å². The first-order chi connectivity index (χ1) is 7.56. The minimum Gasteiger partial charge on any atom is -0.379 e. The van der Waals surface area contributed by atoms with Gasteiger partial charge in [-0.3, -0.25) is 4.55 Å². The van der Waals surface area contributed by atoms with Crippen LogP contribution < -0.4 is 5.32 Å². The van der Waals surface area contributed by atoms with Crippen molar-refractivity contribution in [2.75, 3.05) is 32.1 Å². The Labute approximate surface area is 98.3 Å². The summed E-state index contributed by atoms with van der Waals surface area (Å²) in [5.74, 6) is -0.330. The maximum atomic E-state index is 10.3. The van der Waals surface area contributed by atoms with Crippen LogP contribution >= 0.6 is 0 Å². The summed E-state index contributed by atoms with van der Waals surface area (Å²) in [6.45, 7) is 4.40. The molecule has 0 saturated heterocycles. The summed E-state index contributed by atoms with van der Waals surface area (Å²) in [5.41, 5.74) is 0. The van der Waals surface area contributed by atoms with Gasteiger partial charge < -0.3 is 10.1 Å². The molecule has 98 valence electrons. The van der Waals surface area contributed by atoms with Crippen molar-refractivity contribution in [1.82, 2.24) is 5.32 Å². The Morgan fingerprint density at radius 3 is 2.50 bits per heavy atom. The van der Waals surface area contributed by atoms with Gasteiger partial charge in [0.2, 0.25) is 0 Å². The molecule has 0 aromatic heterocycles. The van der Waals surface area contributed by atoms with E-state index >= 15 is 0 Å². The van der Waals surface area contributed by atoms with Crippen molar-refractivity contribution < 1.29 is 17.7 Å². The van der Waals surface area contributed by atoms with Crippen molar-refractivity contribution in [3.8, 4) is 0 Å². The maximum absolute atomic E-state index is 10.3. The predicted molar refractivity (Wildman–Crippen MR) is 64.2 cm³/mol. The fraction of sp³-hybridized carbons (Fsp3) is 1.00. The molecule has 0 fully saturated rings. The topological polar surface area (TPSA) is 75.6 Å². The van der Waals surface area contributed by atoms with Gasteiger partial charge in [0, 0.05) is 6.54 Å². The molecule has 6 heteroatoms. The average Bonchev–Trinajstić information content (AvgIpc) is 2.19. The number of nitrogens with one attached hydrogen (secondary N) is 1. The van der Waals surface area contributed by atoms with E-state index in [4.69, 9.17) is 9.29 Å². The molecule has 0 bridgehead atoms. The summed E-state index contributed by atoms with van der Waals surface area (Å²) >= 11 is 0. The fourth-order valence-corrected chi connectivity index (χ4v) is 1.54. The standard InChI is InChI=1S/C10H23NO4S/c1-2-3-4-5-6-11-7-8-15-9-10-16(12,13)14/h11H,2-10H2,1H3,(H,12,13,14). The van der Waals surface area contributed by atoms with Crippen LogP contribution in [-0.2, 0) is 14.9 Å². The minimum absolute atomic E-state index is 0.0519. The number of rotatable bonds is 11. The maximum Gasteiger partial charge on any atom is 0.267 e. The van der Waals surface area contributed by atoms with E-state index < -0.39 is 10.1 Å². The zero-order valence-corrected chi connectivity index (χ0v) is 10.8. The molecule has 0 heterocycles. The largest absolute Gasteiger partial charge is 0.379 e. The van der Waals surface area contributed by atoms with Gasteiger partial charge in [-0.25, -0.2) is 0 Å². The SMILES string of the molecule is CCCCCCNCCOCCS(=O)(=O)O. The molecule has 0 atom stereocenters. The molecule has 0 aliphatic carbocycles. The number of unbranched alkanes of at least 4 members (excludes halogenated alkanes) is 3. The first-order valence-electron chi connectivity index (χ1n) is 5.80. The molecule has 0 aliphatic heterocycles. The van der Waals surface area contributed by atoms with Crippen LogP contribution in [0, 0.1) is 0 Å². The molecule has 0 unspecified atom stereocenters. The molecule has 0 radical (unpaired) electrons. The molecule has 0 amide bonds. The van der Waals surface area contributed by atoms with Gasteiger partial charge in [0.25, 0.3) is 10.1 Å². The van der Waals surface area contributed by atoms with Crippen molar-refractivity contribution in [2.45, 2.75) is 32.6 Å². The van der Waals surface area contributed by atoms with Gasteiger partial charge in [-0.2, -0.15) is 8.42 Å². The summed E-state index contributed by atoms with van der Waals surface area (Å²) in [6.07, 6.45) is 4.91. The van der Waals surface area contributed by atoms with E-state index in [0.29, 0.717) is 6.61 Å². The molecule has 0 spiro atoms. The molecule has 5 nitrogen and oxygen atoms in total. The van der Waals surface area contributed by atoms with Crippen LogP contribution in [0.5, 0.6) is 0 Å². The van der Waals surface area contributed by atoms with Crippen LogP contribution in [0.15, 0.2) is 0 Å². The van der Waals surface area contributed by atoms with Gasteiger partial charge in [-0.1, -0.05) is 26.2 Å². The third-order valence-corrected chi connectivity index (χ3v) is 2.80. The van der Waals surface area contributed by atoms with Crippen molar-refractivity contribution >= 4 is 10.1 Å². The lowest BCUT2D eigenvalue weighted by atomic mass is 10.2. The highest BCUT2D eigenvalue weighted by molar-refractivity contribution is 7.85. The van der Waals surface area contributed by atoms with E-state index in [2.05, 4.69) is 12.2 Å². The first kappa shape index (κ1) is 15.8. The van der Waals surface area contributed by atoms with Gasteiger partial charge in [0.1, 0.15) is 0 Å². The predicted octanol–water partition coefficient (Wildman–Crippen LogP) is 1.06. The second-order valence-electron chi connectivity index (χ2n) is 3.71. The van der Waals surface area contributed by atoms with Crippen LogP contribution in [0.4, 0.5) is 0 Å². The quantitative estimate of drug-likeness (QED) is 0.425. The summed E-state index contributed by atoms with van der Waals surface area (Å²) in [4.78, 5) is 0. The van der Waals surface area contributed by atoms with E-state index in [9.17, 15) is 8.42 Å². The Bertz CT molecular complexity index is 241. The number of hydrogen-bond donors (Lipinski definition) is 2. The van der Waals surface area contributed by atoms with E-state index in [0.717, 1.165) is 13.1 Å². The summed E-state index contributed by atoms with van der Waals surface area (Å²) in [6, 6.07) is 0. The van der Waals surface area contributed by atoms with Crippen LogP contribution in [0.1, 0.15) is 32.6 Å². The van der Waals surface area contributed by atoms with Crippen LogP contribution in [0.3, 0.4) is 0 Å². The Kier molecular flexibility index (Phi) is 9.91. The minimum atomic E-state index is -3.88. The molecule has 0 aliphatic rings. The zero-order chi connectivity index (χ0) is 12.3. The second-order valence-corrected chi connectivity index (χ2v) is 5.28. The third kappa shape index (κ3) is 13.8. The molecule has 0 aromatic carbocycles. The second kappa shape index (κ2) is 10.0. The van der Waals surface area contributed by atoms with E-state index in [-0.39, 0.29) is 12.4 Å². The molecular formula is C10H23NO4S. The lowest BCUT2D eigenvalue weighted by Gasteiger charge is -2.05. The molecule has 0 rings (SSSR count). The normalized spacial score (nSPS) is 11.9. The van der Waals surface area contributed by atoms with Crippen molar-refractivity contribution in [3.05, 3.63) is 0 Å². The van der Waals surface area contributed by atoms with Gasteiger partial charge in [-0.05, 0) is 13.0 Å². The summed E-state index contributed by atoms with van der Waals surface area (Å²) in [5, 5.41) is 3.20. The summed E-state index contributed by atoms with van der Waals surface area (Å²) in [7, 11) is -3.88. The van der Waals surface area contributed by atoms with Gasteiger partial charge in [0.05, 0.1) is 19.0 Å². The Morgan fingerprint density at radius 1 is 1.12 bits per heavy atom. The first-order valence-corrected chi connectivity index (χ1v) is 7.41. The average molecular weight is 253 g/mol. The Hall–Kier alpha value is -0.170. The van der Waals surface area contributed by atoms with Crippen LogP contribution in [-0.4, -0.2) is 45.0 Å². The molecular weight excluding hydrogens is 230 g/mol. The van der Waals surface area contributed by atoms with E-state index in [1.807, 2.05) is 0 Å². The lowest BCUT2D eigenvalue weighted by Crippen LogP contribution is -2.22. The van der Waals surface area contributed by atoms with Crippen LogP contribution in [0.25, 0.3) is 0 Å². The Balaban J connectivity index is 3.05. The molecule has 0 saturated carbocycles. The van der Waals surface area contributed by atoms with E-state index in [1.54, 1.807) is 0 Å². The van der Waals surface area contributed by atoms with Gasteiger partial charge in [-0.15, -0.1) is 0 Å². The Morgan fingerprint density at radius 2 is 1.88 bits per heavy atom. The fourth-order valence-electron chi connectivity index (χ4n) is 1.21. The van der Waals surface area contributed by atoms with Crippen molar-refractivity contribution in [2.24, 2.45) is 0 Å². The molecule has 16 heavy (non-hydrogen) atoms. The third-order valence-electron chi connectivity index (χ3n) is 2.12. The number of ether oxygens (including phenoxy) is 1. The lowest BCUT2D eigenvalue weighted by molar-refractivity contribution is 0.149. The smallest absolute Gasteiger partial charge is 0.267 e. The highest BCUT2D eigenvalue weighted by Crippen LogP contribution is 1.96. The van der Waals surface area contributed by atoms with E-state index in [1.165, 1.54) is 25.7 Å². The van der Waals surface area contributed by atoms with Gasteiger partial charge in [0.15, 0.2) is 0 Å². The summed E-state index contributed by atoms with van der Waals surface area (Å²) < 4.78 is 34.1. The molecule has 0 aromatic rings.